The Morgan fingerprint density at radius 3 is 2.05 bits per heavy atom. The fraction of sp³-hybridized carbons (Fsp3) is 0.364. The molecule has 0 saturated heterocycles. The number of rotatable bonds is 8. The molecule has 0 fully saturated rings. The third-order valence-corrected chi connectivity index (χ3v) is 7.93. The Morgan fingerprint density at radius 2 is 1.53 bits per heavy atom. The molecular formula is C33H46Cl2N5O2S+. The Balaban J connectivity index is 0.00000145. The number of aldehydes is 1. The zero-order valence-electron chi connectivity index (χ0n) is 26.3. The maximum Gasteiger partial charge on any atom is 0.264 e. The highest BCUT2D eigenvalue weighted by atomic mass is 35.5. The summed E-state index contributed by atoms with van der Waals surface area (Å²) in [6.45, 7) is 10.5. The summed E-state index contributed by atoms with van der Waals surface area (Å²) in [7, 11) is 1.86. The highest BCUT2D eigenvalue weighted by molar-refractivity contribution is 7.83. The van der Waals surface area contributed by atoms with Gasteiger partial charge in [0, 0.05) is 10.0 Å². The summed E-state index contributed by atoms with van der Waals surface area (Å²) in [5.41, 5.74) is 7.95. The molecule has 3 aromatic rings. The molecule has 0 amide bonds. The first-order chi connectivity index (χ1) is 20.9. The Kier molecular flexibility index (Phi) is 18.4. The van der Waals surface area contributed by atoms with Crippen LogP contribution in [0.25, 0.3) is 0 Å². The first-order valence-corrected chi connectivity index (χ1v) is 16.5. The van der Waals surface area contributed by atoms with E-state index in [0.717, 1.165) is 17.6 Å². The topological polar surface area (TPSA) is 90.8 Å². The van der Waals surface area contributed by atoms with Crippen molar-refractivity contribution >= 4 is 52.1 Å². The monoisotopic (exact) mass is 646 g/mol. The van der Waals surface area contributed by atoms with Gasteiger partial charge in [-0.15, -0.1) is 9.69 Å². The molecule has 7 nitrogen and oxygen atoms in total. The number of halogens is 2. The van der Waals surface area contributed by atoms with E-state index in [4.69, 9.17) is 23.2 Å². The number of nitrogens with one attached hydrogen (secondary N) is 1. The maximum absolute atomic E-state index is 13.3. The van der Waals surface area contributed by atoms with Crippen LogP contribution in [0.3, 0.4) is 0 Å². The van der Waals surface area contributed by atoms with Crippen molar-refractivity contribution < 1.29 is 13.7 Å². The maximum atomic E-state index is 13.3. The number of hydrogen-bond donors (Lipinski definition) is 2. The van der Waals surface area contributed by atoms with Crippen LogP contribution in [0.2, 0.25) is 10.0 Å². The van der Waals surface area contributed by atoms with Crippen LogP contribution < -0.4 is 10.5 Å². The molecule has 0 saturated carbocycles. The number of benzene rings is 3. The van der Waals surface area contributed by atoms with E-state index in [1.165, 1.54) is 12.6 Å². The van der Waals surface area contributed by atoms with Gasteiger partial charge in [-0.25, -0.2) is 9.20 Å². The third-order valence-electron chi connectivity index (χ3n) is 6.36. The van der Waals surface area contributed by atoms with Crippen LogP contribution in [0.5, 0.6) is 0 Å². The quantitative estimate of drug-likeness (QED) is 0.120. The molecule has 0 radical (unpaired) electrons. The van der Waals surface area contributed by atoms with Crippen LogP contribution in [0.1, 0.15) is 58.1 Å². The highest BCUT2D eigenvalue weighted by Gasteiger charge is 2.41. The van der Waals surface area contributed by atoms with Gasteiger partial charge in [0.05, 0.1) is 23.8 Å². The average molecular weight is 648 g/mol. The molecule has 1 heterocycles. The summed E-state index contributed by atoms with van der Waals surface area (Å²) in [6, 6.07) is 24.3. The molecule has 0 bridgehead atoms. The SMILES string of the molecule is CC.CC.CC[C@@H](C=O)N=C(NS(=O)c1ccc(Cl)cc1)N1CC(c2ccccc2)C(Cc2ccc(Cl)cc2)=[N+]1C.CN. The van der Waals surface area contributed by atoms with Crippen molar-refractivity contribution in [2.24, 2.45) is 10.7 Å². The summed E-state index contributed by atoms with van der Waals surface area (Å²) in [6.07, 6.45) is 2.04. The Bertz CT molecular complexity index is 1320. The number of carbonyl (C=O) groups is 1. The lowest BCUT2D eigenvalue weighted by atomic mass is 9.91. The molecule has 43 heavy (non-hydrogen) atoms. The third kappa shape index (κ3) is 11.2. The van der Waals surface area contributed by atoms with Crippen LogP contribution >= 0.6 is 23.2 Å². The van der Waals surface area contributed by atoms with E-state index in [1.54, 1.807) is 24.3 Å². The molecule has 0 aliphatic carbocycles. The zero-order chi connectivity index (χ0) is 32.4. The van der Waals surface area contributed by atoms with Crippen molar-refractivity contribution in [3.05, 3.63) is 100 Å². The normalized spacial score (nSPS) is 15.5. The number of carbonyl (C=O) groups excluding carboxylic acids is 1. The number of guanidine groups is 1. The molecule has 3 aromatic carbocycles. The van der Waals surface area contributed by atoms with Gasteiger partial charge in [-0.1, -0.05) is 100 Å². The van der Waals surface area contributed by atoms with Gasteiger partial charge < -0.3 is 10.5 Å². The zero-order valence-corrected chi connectivity index (χ0v) is 28.6. The average Bonchev–Trinajstić information content (AvgIpc) is 3.39. The summed E-state index contributed by atoms with van der Waals surface area (Å²) in [5, 5.41) is 3.22. The Hall–Kier alpha value is -3.04. The Labute approximate surface area is 270 Å². The van der Waals surface area contributed by atoms with Crippen molar-refractivity contribution in [3.8, 4) is 0 Å². The molecule has 2 unspecified atom stereocenters. The van der Waals surface area contributed by atoms with Gasteiger partial charge in [0.1, 0.15) is 12.3 Å². The van der Waals surface area contributed by atoms with Crippen molar-refractivity contribution in [2.75, 3.05) is 20.6 Å². The molecule has 3 N–H and O–H groups in total. The van der Waals surface area contributed by atoms with Gasteiger partial charge >= 0.3 is 0 Å². The van der Waals surface area contributed by atoms with E-state index in [2.05, 4.69) is 32.3 Å². The predicted octanol–water partition coefficient (Wildman–Crippen LogP) is 6.91. The lowest BCUT2D eigenvalue weighted by molar-refractivity contribution is -0.634. The second kappa shape index (κ2) is 20.8. The number of hydrogen-bond acceptors (Lipinski definition) is 4. The van der Waals surface area contributed by atoms with E-state index in [1.807, 2.05) is 89.1 Å². The minimum atomic E-state index is -1.61. The van der Waals surface area contributed by atoms with E-state index >= 15 is 0 Å². The largest absolute Gasteiger partial charge is 0.333 e. The number of aliphatic imine (C=N–C) groups is 1. The molecule has 10 heteroatoms. The molecule has 0 aromatic heterocycles. The lowest BCUT2D eigenvalue weighted by Crippen LogP contribution is -2.46. The first-order valence-electron chi connectivity index (χ1n) is 14.6. The molecule has 3 atom stereocenters. The number of nitrogens with zero attached hydrogens (tertiary/aromatic N) is 3. The van der Waals surface area contributed by atoms with Crippen molar-refractivity contribution in [1.29, 1.82) is 0 Å². The number of hydrazine groups is 1. The lowest BCUT2D eigenvalue weighted by Gasteiger charge is -2.19. The van der Waals surface area contributed by atoms with Crippen molar-refractivity contribution in [2.45, 2.75) is 64.3 Å². The van der Waals surface area contributed by atoms with E-state index in [-0.39, 0.29) is 5.92 Å². The second-order valence-electron chi connectivity index (χ2n) is 8.75. The fourth-order valence-electron chi connectivity index (χ4n) is 4.26. The summed E-state index contributed by atoms with van der Waals surface area (Å²) >= 11 is 12.1. The van der Waals surface area contributed by atoms with Crippen LogP contribution in [-0.4, -0.2) is 58.5 Å². The first kappa shape index (κ1) is 38.0. The number of hydrazone groups is 1. The van der Waals surface area contributed by atoms with Gasteiger partial charge in [-0.2, -0.15) is 0 Å². The smallest absolute Gasteiger partial charge is 0.264 e. The molecule has 234 valence electrons. The van der Waals surface area contributed by atoms with Gasteiger partial charge in [0.15, 0.2) is 23.7 Å². The number of nitrogens with two attached hydrogens (primary N) is 1. The van der Waals surface area contributed by atoms with Crippen LogP contribution in [-0.2, 0) is 22.2 Å². The van der Waals surface area contributed by atoms with Crippen LogP contribution in [0, 0.1) is 0 Å². The standard InChI is InChI=1S/C28H29Cl2N4O2S.2C2H6.CH5N/c1-3-24(19-35)31-28(32-37(36)25-15-13-23(30)14-16-25)34-18-26(21-7-5-4-6-8-21)27(33(34)2)17-20-9-11-22(29)12-10-20;3*1-2/h4-16,19,24,26H,3,17-18H2,1-2H3,(H,31,32);2*1-2H3;2H2,1H3/q+1;;;/t24-,26?,37?;;;/m0.../s1. The predicted molar refractivity (Wildman–Crippen MR) is 184 cm³/mol. The molecule has 1 aliphatic rings. The van der Waals surface area contributed by atoms with E-state index in [0.29, 0.717) is 40.3 Å². The van der Waals surface area contributed by atoms with E-state index < -0.39 is 17.0 Å². The second-order valence-corrected chi connectivity index (χ2v) is 10.8. The van der Waals surface area contributed by atoms with E-state index in [9.17, 15) is 9.00 Å². The fourth-order valence-corrected chi connectivity index (χ4v) is 5.34. The minimum absolute atomic E-state index is 0.0640. The summed E-state index contributed by atoms with van der Waals surface area (Å²) in [5.74, 6) is 0.441. The van der Waals surface area contributed by atoms with Gasteiger partial charge in [0.25, 0.3) is 5.96 Å². The molecular weight excluding hydrogens is 601 g/mol. The minimum Gasteiger partial charge on any atom is -0.333 e. The van der Waals surface area contributed by atoms with Gasteiger partial charge in [-0.3, -0.25) is 4.72 Å². The molecule has 1 aliphatic heterocycles. The van der Waals surface area contributed by atoms with Crippen molar-refractivity contribution in [3.63, 3.8) is 0 Å². The summed E-state index contributed by atoms with van der Waals surface area (Å²) in [4.78, 5) is 16.9. The van der Waals surface area contributed by atoms with Crippen molar-refractivity contribution in [1.82, 2.24) is 9.73 Å². The summed E-state index contributed by atoms with van der Waals surface area (Å²) < 4.78 is 18.4. The van der Waals surface area contributed by atoms with Crippen LogP contribution in [0.15, 0.2) is 88.8 Å². The highest BCUT2D eigenvalue weighted by Crippen LogP contribution is 2.27. The molecule has 0 spiro atoms. The Morgan fingerprint density at radius 1 is 1.00 bits per heavy atom. The molecule has 4 rings (SSSR count). The van der Waals surface area contributed by atoms with Gasteiger partial charge in [0.2, 0.25) is 0 Å². The van der Waals surface area contributed by atoms with Crippen LogP contribution in [0.4, 0.5) is 0 Å². The van der Waals surface area contributed by atoms with Gasteiger partial charge in [-0.05, 0) is 61.0 Å².